The molecule has 188 valence electrons. The molecule has 2 fully saturated rings. The first-order valence-electron chi connectivity index (χ1n) is 12.2. The SMILES string of the molecule is COCC(=O)Nc1cc(C(=O)N2CCN(C3CCCC3)C(=O)C2)c2c(c1)nc(-c1ccncc1)n2C. The molecular weight excluding hydrogens is 460 g/mol. The zero-order valence-electron chi connectivity index (χ0n) is 20.6. The molecule has 2 aliphatic rings. The number of aryl methyl sites for hydroxylation is 1. The number of methoxy groups -OCH3 is 1. The van der Waals surface area contributed by atoms with Crippen molar-refractivity contribution >= 4 is 34.4 Å². The van der Waals surface area contributed by atoms with E-state index in [1.165, 1.54) is 7.11 Å². The van der Waals surface area contributed by atoms with E-state index in [0.29, 0.717) is 47.2 Å². The first-order chi connectivity index (χ1) is 17.5. The number of hydrogen-bond acceptors (Lipinski definition) is 6. The van der Waals surface area contributed by atoms with Crippen LogP contribution in [-0.4, -0.2) is 81.4 Å². The van der Waals surface area contributed by atoms with Crippen LogP contribution in [-0.2, 0) is 21.4 Å². The number of ether oxygens (including phenoxy) is 1. The Hall–Kier alpha value is -3.79. The molecule has 0 atom stereocenters. The van der Waals surface area contributed by atoms with Crippen molar-refractivity contribution in [2.45, 2.75) is 31.7 Å². The fraction of sp³-hybridized carbons (Fsp3) is 0.423. The molecule has 1 N–H and O–H groups in total. The summed E-state index contributed by atoms with van der Waals surface area (Å²) in [6, 6.07) is 7.40. The highest BCUT2D eigenvalue weighted by Gasteiger charge is 2.34. The zero-order chi connectivity index (χ0) is 25.2. The summed E-state index contributed by atoms with van der Waals surface area (Å²) >= 11 is 0. The lowest BCUT2D eigenvalue weighted by molar-refractivity contribution is -0.137. The van der Waals surface area contributed by atoms with E-state index < -0.39 is 0 Å². The van der Waals surface area contributed by atoms with Crippen LogP contribution in [0.1, 0.15) is 36.0 Å². The van der Waals surface area contributed by atoms with E-state index >= 15 is 0 Å². The first kappa shape index (κ1) is 23.9. The number of carbonyl (C=O) groups excluding carboxylic acids is 3. The molecular formula is C26H30N6O4. The average Bonchev–Trinajstić information content (AvgIpc) is 3.52. The van der Waals surface area contributed by atoms with Gasteiger partial charge in [-0.25, -0.2) is 4.98 Å². The van der Waals surface area contributed by atoms with E-state index in [1.807, 2.05) is 28.6 Å². The normalized spacial score (nSPS) is 16.7. The van der Waals surface area contributed by atoms with Crippen molar-refractivity contribution in [2.75, 3.05) is 38.7 Å². The molecule has 0 spiro atoms. The Morgan fingerprint density at radius 3 is 2.58 bits per heavy atom. The van der Waals surface area contributed by atoms with Crippen molar-refractivity contribution in [3.8, 4) is 11.4 Å². The highest BCUT2D eigenvalue weighted by Crippen LogP contribution is 2.31. The number of hydrogen-bond donors (Lipinski definition) is 1. The maximum absolute atomic E-state index is 13.8. The highest BCUT2D eigenvalue weighted by molar-refractivity contribution is 6.09. The molecule has 3 aromatic rings. The molecule has 10 nitrogen and oxygen atoms in total. The predicted molar refractivity (Wildman–Crippen MR) is 134 cm³/mol. The fourth-order valence-corrected chi connectivity index (χ4v) is 5.31. The maximum Gasteiger partial charge on any atom is 0.256 e. The Morgan fingerprint density at radius 1 is 1.14 bits per heavy atom. The average molecular weight is 491 g/mol. The second-order valence-electron chi connectivity index (χ2n) is 9.36. The van der Waals surface area contributed by atoms with Crippen LogP contribution in [0.3, 0.4) is 0 Å². The Morgan fingerprint density at radius 2 is 1.89 bits per heavy atom. The van der Waals surface area contributed by atoms with Crippen LogP contribution < -0.4 is 5.32 Å². The van der Waals surface area contributed by atoms with Crippen LogP contribution in [0, 0.1) is 0 Å². The minimum Gasteiger partial charge on any atom is -0.375 e. The number of aromatic nitrogens is 3. The van der Waals surface area contributed by atoms with Gasteiger partial charge in [-0.1, -0.05) is 12.8 Å². The smallest absolute Gasteiger partial charge is 0.256 e. The number of pyridine rings is 1. The fourth-order valence-electron chi connectivity index (χ4n) is 5.31. The molecule has 36 heavy (non-hydrogen) atoms. The third-order valence-electron chi connectivity index (χ3n) is 7.01. The quantitative estimate of drug-likeness (QED) is 0.569. The zero-order valence-corrected chi connectivity index (χ0v) is 20.6. The van der Waals surface area contributed by atoms with E-state index in [0.717, 1.165) is 31.2 Å². The lowest BCUT2D eigenvalue weighted by Gasteiger charge is -2.38. The van der Waals surface area contributed by atoms with Crippen molar-refractivity contribution in [3.05, 3.63) is 42.2 Å². The Labute approximate surface area is 209 Å². The second kappa shape index (κ2) is 10.1. The van der Waals surface area contributed by atoms with Gasteiger partial charge < -0.3 is 24.4 Å². The summed E-state index contributed by atoms with van der Waals surface area (Å²) in [5, 5.41) is 2.79. The predicted octanol–water partition coefficient (Wildman–Crippen LogP) is 2.45. The number of nitrogens with one attached hydrogen (secondary N) is 1. The minimum absolute atomic E-state index is 0.00947. The van der Waals surface area contributed by atoms with Gasteiger partial charge in [-0.15, -0.1) is 0 Å². The van der Waals surface area contributed by atoms with Crippen molar-refractivity contribution in [1.29, 1.82) is 0 Å². The molecule has 10 heteroatoms. The van der Waals surface area contributed by atoms with Crippen molar-refractivity contribution < 1.29 is 19.1 Å². The second-order valence-corrected chi connectivity index (χ2v) is 9.36. The van der Waals surface area contributed by atoms with E-state index in [9.17, 15) is 14.4 Å². The van der Waals surface area contributed by atoms with Crippen LogP contribution in [0.2, 0.25) is 0 Å². The van der Waals surface area contributed by atoms with Gasteiger partial charge in [0.1, 0.15) is 19.0 Å². The van der Waals surface area contributed by atoms with E-state index in [1.54, 1.807) is 29.4 Å². The molecule has 1 aliphatic carbocycles. The van der Waals surface area contributed by atoms with Crippen LogP contribution in [0.4, 0.5) is 5.69 Å². The molecule has 0 unspecified atom stereocenters. The topological polar surface area (TPSA) is 110 Å². The molecule has 3 amide bonds. The van der Waals surface area contributed by atoms with Crippen molar-refractivity contribution in [2.24, 2.45) is 7.05 Å². The number of nitrogens with zero attached hydrogens (tertiary/aromatic N) is 5. The van der Waals surface area contributed by atoms with Gasteiger partial charge in [0.2, 0.25) is 11.8 Å². The molecule has 1 saturated heterocycles. The van der Waals surface area contributed by atoms with Crippen LogP contribution in [0.15, 0.2) is 36.7 Å². The number of benzene rings is 1. The lowest BCUT2D eigenvalue weighted by Crippen LogP contribution is -2.54. The monoisotopic (exact) mass is 490 g/mol. The van der Waals surface area contributed by atoms with Gasteiger partial charge in [0, 0.05) is 56.9 Å². The van der Waals surface area contributed by atoms with Crippen LogP contribution in [0.25, 0.3) is 22.4 Å². The van der Waals surface area contributed by atoms with Crippen LogP contribution in [0.5, 0.6) is 0 Å². The summed E-state index contributed by atoms with van der Waals surface area (Å²) in [5.41, 5.74) is 2.90. The van der Waals surface area contributed by atoms with Gasteiger partial charge in [0.05, 0.1) is 16.6 Å². The number of amides is 3. The van der Waals surface area contributed by atoms with E-state index in [2.05, 4.69) is 10.3 Å². The summed E-state index contributed by atoms with van der Waals surface area (Å²) in [6.07, 6.45) is 7.75. The lowest BCUT2D eigenvalue weighted by atomic mass is 10.1. The summed E-state index contributed by atoms with van der Waals surface area (Å²) in [7, 11) is 3.30. The third kappa shape index (κ3) is 4.56. The number of fused-ring (bicyclic) bond motifs is 1. The summed E-state index contributed by atoms with van der Waals surface area (Å²) in [5.74, 6) is 0.0705. The number of anilines is 1. The molecule has 3 heterocycles. The Balaban J connectivity index is 1.51. The number of piperazine rings is 1. The summed E-state index contributed by atoms with van der Waals surface area (Å²) in [4.78, 5) is 51.4. The van der Waals surface area contributed by atoms with Gasteiger partial charge >= 0.3 is 0 Å². The Bertz CT molecular complexity index is 1300. The molecule has 1 aromatic carbocycles. The minimum atomic E-state index is -0.333. The molecule has 5 rings (SSSR count). The van der Waals surface area contributed by atoms with E-state index in [-0.39, 0.29) is 30.9 Å². The van der Waals surface area contributed by atoms with Gasteiger partial charge in [0.25, 0.3) is 5.91 Å². The van der Waals surface area contributed by atoms with Gasteiger partial charge in [-0.2, -0.15) is 0 Å². The third-order valence-corrected chi connectivity index (χ3v) is 7.01. The largest absolute Gasteiger partial charge is 0.375 e. The van der Waals surface area contributed by atoms with Gasteiger partial charge in [0.15, 0.2) is 0 Å². The molecule has 2 aromatic heterocycles. The van der Waals surface area contributed by atoms with Crippen LogP contribution >= 0.6 is 0 Å². The molecule has 0 radical (unpaired) electrons. The summed E-state index contributed by atoms with van der Waals surface area (Å²) < 4.78 is 6.80. The van der Waals surface area contributed by atoms with E-state index in [4.69, 9.17) is 9.72 Å². The number of rotatable bonds is 6. The molecule has 1 aliphatic heterocycles. The van der Waals surface area contributed by atoms with Crippen molar-refractivity contribution in [1.82, 2.24) is 24.3 Å². The highest BCUT2D eigenvalue weighted by atomic mass is 16.5. The standard InChI is InChI=1S/C26H30N6O4/c1-30-24-20(26(35)31-11-12-32(23(34)15-31)19-5-3-4-6-19)13-18(28-22(33)16-36-2)14-21(24)29-25(30)17-7-9-27-10-8-17/h7-10,13-14,19H,3-6,11-12,15-16H2,1-2H3,(H,28,33). The molecule has 1 saturated carbocycles. The number of imidazole rings is 1. The van der Waals surface area contributed by atoms with Crippen molar-refractivity contribution in [3.63, 3.8) is 0 Å². The molecule has 0 bridgehead atoms. The maximum atomic E-state index is 13.8. The first-order valence-corrected chi connectivity index (χ1v) is 12.2. The Kier molecular flexibility index (Phi) is 6.69. The van der Waals surface area contributed by atoms with Gasteiger partial charge in [-0.05, 0) is 37.1 Å². The number of carbonyl (C=O) groups is 3. The van der Waals surface area contributed by atoms with Gasteiger partial charge in [-0.3, -0.25) is 19.4 Å². The summed E-state index contributed by atoms with van der Waals surface area (Å²) in [6.45, 7) is 0.948.